The van der Waals surface area contributed by atoms with Crippen molar-refractivity contribution in [3.63, 3.8) is 0 Å². The average molecular weight is 236 g/mol. The summed E-state index contributed by atoms with van der Waals surface area (Å²) >= 11 is 4.92. The molecule has 2 aromatic rings. The van der Waals surface area contributed by atoms with Gasteiger partial charge in [-0.3, -0.25) is 5.10 Å². The number of ether oxygens (including phenoxy) is 1. The predicted octanol–water partition coefficient (Wildman–Crippen LogP) is 1.79. The van der Waals surface area contributed by atoms with Crippen molar-refractivity contribution in [2.24, 2.45) is 0 Å². The van der Waals surface area contributed by atoms with Crippen LogP contribution in [0.15, 0.2) is 30.3 Å². The van der Waals surface area contributed by atoms with Crippen LogP contribution in [0.3, 0.4) is 0 Å². The van der Waals surface area contributed by atoms with Crippen LogP contribution in [0.4, 0.5) is 0 Å². The summed E-state index contributed by atoms with van der Waals surface area (Å²) in [4.78, 5) is 0. The Morgan fingerprint density at radius 3 is 2.69 bits per heavy atom. The molecule has 0 aliphatic carbocycles. The molecule has 5 nitrogen and oxygen atoms in total. The van der Waals surface area contributed by atoms with Gasteiger partial charge in [0.2, 0.25) is 4.77 Å². The first-order chi connectivity index (χ1) is 7.68. The molecule has 0 fully saturated rings. The van der Waals surface area contributed by atoms with Gasteiger partial charge in [-0.2, -0.15) is 5.10 Å². The van der Waals surface area contributed by atoms with E-state index in [4.69, 9.17) is 22.8 Å². The molecule has 1 atom stereocenters. The zero-order valence-corrected chi connectivity index (χ0v) is 9.57. The zero-order chi connectivity index (χ0) is 11.5. The van der Waals surface area contributed by atoms with E-state index in [0.29, 0.717) is 10.6 Å². The number of rotatable bonds is 3. The smallest absolute Gasteiger partial charge is 0.214 e. The van der Waals surface area contributed by atoms with Crippen LogP contribution in [0.1, 0.15) is 18.9 Å². The quantitative estimate of drug-likeness (QED) is 0.629. The third-order valence-corrected chi connectivity index (χ3v) is 2.44. The second kappa shape index (κ2) is 4.36. The summed E-state index contributed by atoms with van der Waals surface area (Å²) in [6, 6.07) is 9.48. The Labute approximate surface area is 97.8 Å². The first-order valence-corrected chi connectivity index (χ1v) is 5.23. The largest absolute Gasteiger partial charge is 0.483 e. The van der Waals surface area contributed by atoms with E-state index < -0.39 is 0 Å². The van der Waals surface area contributed by atoms with Gasteiger partial charge in [0.25, 0.3) is 0 Å². The summed E-state index contributed by atoms with van der Waals surface area (Å²) in [5.41, 5.74) is 0. The molecule has 1 heterocycles. The maximum atomic E-state index is 5.70. The highest BCUT2D eigenvalue weighted by atomic mass is 32.1. The summed E-state index contributed by atoms with van der Waals surface area (Å²) in [6.07, 6.45) is -0.264. The van der Waals surface area contributed by atoms with Gasteiger partial charge in [0.05, 0.1) is 0 Å². The first kappa shape index (κ1) is 10.7. The van der Waals surface area contributed by atoms with E-state index in [0.717, 1.165) is 5.75 Å². The molecule has 0 bridgehead atoms. The van der Waals surface area contributed by atoms with Gasteiger partial charge >= 0.3 is 0 Å². The second-order valence-electron chi connectivity index (χ2n) is 3.33. The van der Waals surface area contributed by atoms with E-state index in [1.165, 1.54) is 4.68 Å². The lowest BCUT2D eigenvalue weighted by Crippen LogP contribution is -2.17. The van der Waals surface area contributed by atoms with Gasteiger partial charge in [-0.15, -0.1) is 0 Å². The zero-order valence-electron chi connectivity index (χ0n) is 8.75. The molecular weight excluding hydrogens is 224 g/mol. The fourth-order valence-corrected chi connectivity index (χ4v) is 1.50. The summed E-state index contributed by atoms with van der Waals surface area (Å²) in [7, 11) is 0. The number of aromatic nitrogens is 3. The summed E-state index contributed by atoms with van der Waals surface area (Å²) in [5.74, 6) is 7.03. The van der Waals surface area contributed by atoms with Crippen LogP contribution in [0.5, 0.6) is 5.75 Å². The van der Waals surface area contributed by atoms with Gasteiger partial charge in [0, 0.05) is 0 Å². The number of H-pyrrole nitrogens is 1. The molecule has 0 amide bonds. The van der Waals surface area contributed by atoms with Crippen molar-refractivity contribution in [1.82, 2.24) is 14.9 Å². The normalized spacial score (nSPS) is 12.3. The molecule has 2 rings (SSSR count). The third-order valence-electron chi connectivity index (χ3n) is 2.15. The molecule has 0 radical (unpaired) electrons. The highest BCUT2D eigenvalue weighted by Gasteiger charge is 2.14. The molecular formula is C10H12N4OS. The van der Waals surface area contributed by atoms with Crippen LogP contribution in [0.25, 0.3) is 0 Å². The number of hydrogen-bond donors (Lipinski definition) is 2. The molecule has 0 saturated heterocycles. The van der Waals surface area contributed by atoms with Gasteiger partial charge in [-0.1, -0.05) is 18.2 Å². The molecule has 0 aliphatic rings. The molecule has 0 aliphatic heterocycles. The van der Waals surface area contributed by atoms with Gasteiger partial charge in [-0.05, 0) is 31.3 Å². The van der Waals surface area contributed by atoms with E-state index in [9.17, 15) is 0 Å². The molecule has 84 valence electrons. The molecule has 6 heteroatoms. The number of nitrogens with two attached hydrogens (primary N) is 1. The van der Waals surface area contributed by atoms with Crippen molar-refractivity contribution in [2.45, 2.75) is 13.0 Å². The molecule has 0 spiro atoms. The highest BCUT2D eigenvalue weighted by molar-refractivity contribution is 7.71. The van der Waals surface area contributed by atoms with E-state index in [1.54, 1.807) is 0 Å². The van der Waals surface area contributed by atoms with Gasteiger partial charge < -0.3 is 10.6 Å². The Morgan fingerprint density at radius 1 is 1.44 bits per heavy atom. The first-order valence-electron chi connectivity index (χ1n) is 4.82. The molecule has 1 aromatic carbocycles. The van der Waals surface area contributed by atoms with E-state index in [2.05, 4.69) is 10.2 Å². The maximum Gasteiger partial charge on any atom is 0.214 e. The number of nitrogens with zero attached hydrogens (tertiary/aromatic N) is 2. The van der Waals surface area contributed by atoms with Crippen molar-refractivity contribution in [2.75, 3.05) is 5.84 Å². The topological polar surface area (TPSA) is 68.9 Å². The van der Waals surface area contributed by atoms with Crippen LogP contribution in [0, 0.1) is 4.77 Å². The van der Waals surface area contributed by atoms with E-state index in [1.807, 2.05) is 37.3 Å². The molecule has 1 unspecified atom stereocenters. The Morgan fingerprint density at radius 2 is 2.12 bits per heavy atom. The van der Waals surface area contributed by atoms with Crippen LogP contribution in [-0.4, -0.2) is 14.9 Å². The standard InChI is InChI=1S/C10H12N4OS/c1-7(9-12-13-10(16)14(9)11)15-8-5-3-2-4-6-8/h2-7H,11H2,1H3,(H,13,16). The summed E-state index contributed by atoms with van der Waals surface area (Å²) in [6.45, 7) is 1.86. The van der Waals surface area contributed by atoms with Crippen LogP contribution in [-0.2, 0) is 0 Å². The molecule has 0 saturated carbocycles. The fourth-order valence-electron chi connectivity index (χ4n) is 1.36. The maximum absolute atomic E-state index is 5.70. The van der Waals surface area contributed by atoms with Gasteiger partial charge in [-0.25, -0.2) is 4.68 Å². The third kappa shape index (κ3) is 2.06. The number of nitrogen functional groups attached to an aromatic ring is 1. The van der Waals surface area contributed by atoms with Gasteiger partial charge in [0.15, 0.2) is 11.9 Å². The Kier molecular flexibility index (Phi) is 2.91. The Balaban J connectivity index is 2.18. The summed E-state index contributed by atoms with van der Waals surface area (Å²) in [5, 5.41) is 6.62. The van der Waals surface area contributed by atoms with Gasteiger partial charge in [0.1, 0.15) is 5.75 Å². The lowest BCUT2D eigenvalue weighted by Gasteiger charge is -2.13. The Hall–Kier alpha value is -1.82. The lowest BCUT2D eigenvalue weighted by atomic mass is 10.3. The molecule has 1 aromatic heterocycles. The minimum Gasteiger partial charge on any atom is -0.483 e. The average Bonchev–Trinajstić information content (AvgIpc) is 2.61. The number of benzene rings is 1. The highest BCUT2D eigenvalue weighted by Crippen LogP contribution is 2.18. The van der Waals surface area contributed by atoms with Crippen molar-refractivity contribution in [1.29, 1.82) is 0 Å². The van der Waals surface area contributed by atoms with Crippen LogP contribution < -0.4 is 10.6 Å². The number of hydrogen-bond acceptors (Lipinski definition) is 4. The minimum atomic E-state index is -0.264. The molecule has 16 heavy (non-hydrogen) atoms. The lowest BCUT2D eigenvalue weighted by molar-refractivity contribution is 0.213. The Bertz CT molecular complexity index is 519. The molecule has 3 N–H and O–H groups in total. The number of aromatic amines is 1. The van der Waals surface area contributed by atoms with Crippen LogP contribution in [0.2, 0.25) is 0 Å². The van der Waals surface area contributed by atoms with Crippen molar-refractivity contribution in [3.05, 3.63) is 40.9 Å². The minimum absolute atomic E-state index is 0.264. The SMILES string of the molecule is CC(Oc1ccccc1)c1n[nH]c(=S)n1N. The second-order valence-corrected chi connectivity index (χ2v) is 3.72. The fraction of sp³-hybridized carbons (Fsp3) is 0.200. The monoisotopic (exact) mass is 236 g/mol. The predicted molar refractivity (Wildman–Crippen MR) is 63.0 cm³/mol. The van der Waals surface area contributed by atoms with E-state index >= 15 is 0 Å². The summed E-state index contributed by atoms with van der Waals surface area (Å²) < 4.78 is 7.35. The van der Waals surface area contributed by atoms with E-state index in [-0.39, 0.29) is 6.10 Å². The number of nitrogens with one attached hydrogen (secondary N) is 1. The number of para-hydroxylation sites is 1. The van der Waals surface area contributed by atoms with Crippen molar-refractivity contribution in [3.8, 4) is 5.75 Å². The van der Waals surface area contributed by atoms with Crippen molar-refractivity contribution >= 4 is 12.2 Å². The van der Waals surface area contributed by atoms with Crippen LogP contribution >= 0.6 is 12.2 Å². The van der Waals surface area contributed by atoms with Crippen molar-refractivity contribution < 1.29 is 4.74 Å².